The highest BCUT2D eigenvalue weighted by Gasteiger charge is 2.05. The van der Waals surface area contributed by atoms with Crippen molar-refractivity contribution < 1.29 is 0 Å². The molecule has 0 aromatic heterocycles. The molecular weight excluding hydrogens is 146 g/mol. The van der Waals surface area contributed by atoms with Crippen LogP contribution in [0.3, 0.4) is 0 Å². The summed E-state index contributed by atoms with van der Waals surface area (Å²) in [5, 5.41) is 0. The first-order valence-corrected chi connectivity index (χ1v) is 5.17. The van der Waals surface area contributed by atoms with Gasteiger partial charge in [-0.05, 0) is 19.3 Å². The van der Waals surface area contributed by atoms with Crippen molar-refractivity contribution in [1.82, 2.24) is 0 Å². The van der Waals surface area contributed by atoms with Crippen molar-refractivity contribution in [3.05, 3.63) is 12.7 Å². The lowest BCUT2D eigenvalue weighted by molar-refractivity contribution is 0.583. The fourth-order valence-corrected chi connectivity index (χ4v) is 1.31. The van der Waals surface area contributed by atoms with Crippen LogP contribution in [0.25, 0.3) is 0 Å². The molecule has 0 unspecified atom stereocenters. The Morgan fingerprint density at radius 1 is 1.25 bits per heavy atom. The van der Waals surface area contributed by atoms with Crippen LogP contribution in [0.2, 0.25) is 0 Å². The van der Waals surface area contributed by atoms with Crippen LogP contribution in [0.1, 0.15) is 51.9 Å². The maximum Gasteiger partial charge on any atom is 0.00388 e. The minimum Gasteiger partial charge on any atom is -0.328 e. The molecule has 0 aliphatic heterocycles. The van der Waals surface area contributed by atoms with Crippen molar-refractivity contribution in [1.29, 1.82) is 0 Å². The summed E-state index contributed by atoms with van der Waals surface area (Å²) in [5.74, 6) is 0. The van der Waals surface area contributed by atoms with Crippen LogP contribution >= 0.6 is 0 Å². The highest BCUT2D eigenvalue weighted by Crippen LogP contribution is 2.14. The average molecular weight is 169 g/mol. The van der Waals surface area contributed by atoms with E-state index >= 15 is 0 Å². The quantitative estimate of drug-likeness (QED) is 0.473. The van der Waals surface area contributed by atoms with Crippen LogP contribution in [0.5, 0.6) is 0 Å². The predicted octanol–water partition coefficient (Wildman–Crippen LogP) is 3.25. The molecule has 1 fully saturated rings. The van der Waals surface area contributed by atoms with Gasteiger partial charge in [0, 0.05) is 6.04 Å². The summed E-state index contributed by atoms with van der Waals surface area (Å²) in [7, 11) is 0. The minimum atomic E-state index is 0.525. The molecule has 0 atom stereocenters. The van der Waals surface area contributed by atoms with E-state index in [4.69, 9.17) is 5.73 Å². The van der Waals surface area contributed by atoms with E-state index < -0.39 is 0 Å². The van der Waals surface area contributed by atoms with Crippen LogP contribution in [0.15, 0.2) is 12.7 Å². The zero-order chi connectivity index (χ0) is 9.23. The molecule has 0 amide bonds. The molecule has 0 radical (unpaired) electrons. The first-order valence-electron chi connectivity index (χ1n) is 5.17. The van der Waals surface area contributed by atoms with Gasteiger partial charge in [0.25, 0.3) is 0 Å². The third kappa shape index (κ3) is 7.80. The molecule has 12 heavy (non-hydrogen) atoms. The van der Waals surface area contributed by atoms with Gasteiger partial charge in [-0.15, -0.1) is 6.58 Å². The Balaban J connectivity index is 0.000000261. The van der Waals surface area contributed by atoms with Crippen molar-refractivity contribution in [3.63, 3.8) is 0 Å². The maximum atomic E-state index is 5.73. The van der Waals surface area contributed by atoms with Crippen LogP contribution in [0, 0.1) is 0 Å². The van der Waals surface area contributed by atoms with E-state index in [0.29, 0.717) is 6.04 Å². The maximum absolute atomic E-state index is 5.73. The molecule has 0 aromatic rings. The molecule has 1 heteroatoms. The van der Waals surface area contributed by atoms with Crippen LogP contribution < -0.4 is 5.73 Å². The van der Waals surface area contributed by atoms with Crippen molar-refractivity contribution in [2.24, 2.45) is 5.73 Å². The van der Waals surface area contributed by atoms with E-state index in [9.17, 15) is 0 Å². The molecule has 0 aromatic carbocycles. The van der Waals surface area contributed by atoms with E-state index in [1.807, 2.05) is 6.08 Å². The van der Waals surface area contributed by atoms with Gasteiger partial charge in [0.05, 0.1) is 0 Å². The average Bonchev–Trinajstić information content (AvgIpc) is 2.33. The third-order valence-electron chi connectivity index (χ3n) is 2.19. The second kappa shape index (κ2) is 8.79. The first-order chi connectivity index (χ1) is 5.81. The van der Waals surface area contributed by atoms with Crippen LogP contribution in [-0.4, -0.2) is 6.04 Å². The predicted molar refractivity (Wildman–Crippen MR) is 56.2 cm³/mol. The van der Waals surface area contributed by atoms with Crippen LogP contribution in [0.4, 0.5) is 0 Å². The number of hydrogen-bond donors (Lipinski definition) is 1. The summed E-state index contributed by atoms with van der Waals surface area (Å²) in [6, 6.07) is 0.525. The van der Waals surface area contributed by atoms with Crippen LogP contribution in [-0.2, 0) is 0 Å². The topological polar surface area (TPSA) is 26.0 Å². The van der Waals surface area contributed by atoms with Gasteiger partial charge < -0.3 is 5.73 Å². The van der Waals surface area contributed by atoms with Gasteiger partial charge in [0.15, 0.2) is 0 Å². The van der Waals surface area contributed by atoms with E-state index in [1.165, 1.54) is 38.5 Å². The largest absolute Gasteiger partial charge is 0.328 e. The van der Waals surface area contributed by atoms with Gasteiger partial charge in [-0.1, -0.05) is 38.7 Å². The number of nitrogens with two attached hydrogens (primary N) is 1. The number of hydrogen-bond acceptors (Lipinski definition) is 1. The second-order valence-corrected chi connectivity index (χ2v) is 3.45. The van der Waals surface area contributed by atoms with Gasteiger partial charge >= 0.3 is 0 Å². The lowest BCUT2D eigenvalue weighted by Gasteiger charge is -2.03. The number of allylic oxidation sites excluding steroid dienone is 1. The van der Waals surface area contributed by atoms with Crippen molar-refractivity contribution in [3.8, 4) is 0 Å². The molecule has 1 nitrogen and oxygen atoms in total. The van der Waals surface area contributed by atoms with E-state index in [1.54, 1.807) is 0 Å². The summed E-state index contributed by atoms with van der Waals surface area (Å²) in [6.07, 6.45) is 11.0. The van der Waals surface area contributed by atoms with Gasteiger partial charge in [-0.2, -0.15) is 0 Å². The summed E-state index contributed by atoms with van der Waals surface area (Å²) in [4.78, 5) is 0. The second-order valence-electron chi connectivity index (χ2n) is 3.45. The normalized spacial score (nSPS) is 18.8. The fourth-order valence-electron chi connectivity index (χ4n) is 1.31. The molecule has 0 bridgehead atoms. The zero-order valence-electron chi connectivity index (χ0n) is 8.39. The first kappa shape index (κ1) is 11.7. The van der Waals surface area contributed by atoms with Gasteiger partial charge in [-0.3, -0.25) is 0 Å². The molecule has 0 spiro atoms. The van der Waals surface area contributed by atoms with Gasteiger partial charge in [0.1, 0.15) is 0 Å². The minimum absolute atomic E-state index is 0.525. The summed E-state index contributed by atoms with van der Waals surface area (Å²) >= 11 is 0. The molecule has 0 heterocycles. The fraction of sp³-hybridized carbons (Fsp3) is 0.818. The Labute approximate surface area is 77.0 Å². The zero-order valence-corrected chi connectivity index (χ0v) is 8.39. The van der Waals surface area contributed by atoms with Crippen molar-refractivity contribution >= 4 is 0 Å². The highest BCUT2D eigenvalue weighted by atomic mass is 14.6. The standard InChI is InChI=1S/C7H15N.C4H8/c8-7-5-3-1-2-4-6-7;1-3-4-2/h7H,1-6,8H2;3H,1,4H2,2H3. The Kier molecular flexibility index (Phi) is 8.57. The lowest BCUT2D eigenvalue weighted by atomic mass is 10.1. The molecule has 0 saturated heterocycles. The van der Waals surface area contributed by atoms with E-state index in [0.717, 1.165) is 6.42 Å². The Bertz CT molecular complexity index is 91.2. The van der Waals surface area contributed by atoms with E-state index in [2.05, 4.69) is 13.5 Å². The molecule has 72 valence electrons. The summed E-state index contributed by atoms with van der Waals surface area (Å²) in [5.41, 5.74) is 5.73. The Hall–Kier alpha value is -0.300. The molecule has 1 rings (SSSR count). The number of rotatable bonds is 1. The third-order valence-corrected chi connectivity index (χ3v) is 2.19. The molecule has 1 aliphatic rings. The summed E-state index contributed by atoms with van der Waals surface area (Å²) < 4.78 is 0. The Morgan fingerprint density at radius 3 is 2.00 bits per heavy atom. The molecule has 1 aliphatic carbocycles. The Morgan fingerprint density at radius 2 is 1.67 bits per heavy atom. The molecular formula is C11H23N. The molecule has 1 saturated carbocycles. The van der Waals surface area contributed by atoms with Gasteiger partial charge in [0.2, 0.25) is 0 Å². The van der Waals surface area contributed by atoms with Gasteiger partial charge in [-0.25, -0.2) is 0 Å². The SMILES string of the molecule is C=CCC.NC1CCCCCC1. The monoisotopic (exact) mass is 169 g/mol. The summed E-state index contributed by atoms with van der Waals surface area (Å²) in [6.45, 7) is 5.54. The smallest absolute Gasteiger partial charge is 0.00388 e. The highest BCUT2D eigenvalue weighted by molar-refractivity contribution is 4.65. The van der Waals surface area contributed by atoms with E-state index in [-0.39, 0.29) is 0 Å². The van der Waals surface area contributed by atoms with Crippen molar-refractivity contribution in [2.75, 3.05) is 0 Å². The molecule has 2 N–H and O–H groups in total. The lowest BCUT2D eigenvalue weighted by Crippen LogP contribution is -2.17. The van der Waals surface area contributed by atoms with Crippen molar-refractivity contribution in [2.45, 2.75) is 57.9 Å².